The summed E-state index contributed by atoms with van der Waals surface area (Å²) in [6.45, 7) is 1.30. The molecule has 1 aromatic carbocycles. The first-order chi connectivity index (χ1) is 11.9. The normalized spacial score (nSPS) is 16.7. The number of benzene rings is 1. The molecule has 2 rings (SSSR count). The number of halogens is 2. The minimum absolute atomic E-state index is 0.0410. The van der Waals surface area contributed by atoms with Gasteiger partial charge in [-0.3, -0.25) is 4.99 Å². The van der Waals surface area contributed by atoms with Crippen LogP contribution in [0, 0.1) is 11.6 Å². The van der Waals surface area contributed by atoms with Gasteiger partial charge in [0.1, 0.15) is 11.6 Å². The topological polar surface area (TPSA) is 73.8 Å². The summed E-state index contributed by atoms with van der Waals surface area (Å²) in [4.78, 5) is 3.95. The van der Waals surface area contributed by atoms with Crippen LogP contribution in [0.4, 0.5) is 8.78 Å². The molecule has 0 unspecified atom stereocenters. The molecule has 1 aliphatic heterocycles. The van der Waals surface area contributed by atoms with Crippen molar-refractivity contribution >= 4 is 27.7 Å². The van der Waals surface area contributed by atoms with Crippen molar-refractivity contribution in [3.8, 4) is 0 Å². The van der Waals surface area contributed by atoms with Crippen molar-refractivity contribution in [3.05, 3.63) is 35.4 Å². The summed E-state index contributed by atoms with van der Waals surface area (Å²) in [6, 6.07) is 3.22. The van der Waals surface area contributed by atoms with Gasteiger partial charge in [0, 0.05) is 50.3 Å². The molecule has 0 saturated carbocycles. The molecule has 0 radical (unpaired) electrons. The molecule has 10 heteroatoms. The zero-order valence-electron chi connectivity index (χ0n) is 14.0. The third-order valence-corrected chi connectivity index (χ3v) is 6.51. The summed E-state index contributed by atoms with van der Waals surface area (Å²) in [5.41, 5.74) is 0.168. The lowest BCUT2D eigenvalue weighted by Gasteiger charge is -2.25. The smallest absolute Gasteiger partial charge is 0.215 e. The molecular formula is C15H22F2N4O2S2. The molecule has 0 atom stereocenters. The number of rotatable bonds is 6. The van der Waals surface area contributed by atoms with Crippen LogP contribution in [0.1, 0.15) is 5.56 Å². The predicted molar refractivity (Wildman–Crippen MR) is 97.2 cm³/mol. The second-order valence-corrected chi connectivity index (χ2v) is 8.73. The second-order valence-electron chi connectivity index (χ2n) is 5.42. The second kappa shape index (κ2) is 9.35. The maximum Gasteiger partial charge on any atom is 0.215 e. The third kappa shape index (κ3) is 6.12. The van der Waals surface area contributed by atoms with Crippen LogP contribution in [0.2, 0.25) is 0 Å². The first-order valence-electron chi connectivity index (χ1n) is 7.86. The average Bonchev–Trinajstić information content (AvgIpc) is 2.61. The summed E-state index contributed by atoms with van der Waals surface area (Å²) in [6.07, 6.45) is 0. The molecule has 0 aromatic heterocycles. The Bertz CT molecular complexity index is 707. The van der Waals surface area contributed by atoms with Crippen molar-refractivity contribution in [2.45, 2.75) is 6.54 Å². The van der Waals surface area contributed by atoms with Crippen molar-refractivity contribution in [3.63, 3.8) is 0 Å². The highest BCUT2D eigenvalue weighted by Gasteiger charge is 2.23. The van der Waals surface area contributed by atoms with Crippen LogP contribution in [0.15, 0.2) is 23.2 Å². The van der Waals surface area contributed by atoms with Crippen molar-refractivity contribution in [2.24, 2.45) is 4.99 Å². The van der Waals surface area contributed by atoms with E-state index in [9.17, 15) is 17.2 Å². The minimum Gasteiger partial charge on any atom is -0.355 e. The van der Waals surface area contributed by atoms with E-state index >= 15 is 0 Å². The average molecular weight is 392 g/mol. The van der Waals surface area contributed by atoms with Gasteiger partial charge >= 0.3 is 0 Å². The van der Waals surface area contributed by atoms with Crippen LogP contribution < -0.4 is 10.6 Å². The van der Waals surface area contributed by atoms with E-state index in [0.717, 1.165) is 29.7 Å². The van der Waals surface area contributed by atoms with E-state index < -0.39 is 21.7 Å². The third-order valence-electron chi connectivity index (χ3n) is 3.69. The van der Waals surface area contributed by atoms with E-state index in [1.165, 1.54) is 11.4 Å². The van der Waals surface area contributed by atoms with Gasteiger partial charge in [0.2, 0.25) is 10.0 Å². The Morgan fingerprint density at radius 1 is 1.28 bits per heavy atom. The molecule has 1 saturated heterocycles. The minimum atomic E-state index is -3.30. The predicted octanol–water partition coefficient (Wildman–Crippen LogP) is 1.01. The van der Waals surface area contributed by atoms with Crippen LogP contribution in [0.5, 0.6) is 0 Å². The van der Waals surface area contributed by atoms with Gasteiger partial charge in [-0.2, -0.15) is 11.8 Å². The van der Waals surface area contributed by atoms with E-state index in [-0.39, 0.29) is 24.4 Å². The fraction of sp³-hybridized carbons (Fsp3) is 0.533. The molecule has 6 nitrogen and oxygen atoms in total. The molecule has 2 N–H and O–H groups in total. The maximum atomic E-state index is 13.6. The lowest BCUT2D eigenvalue weighted by atomic mass is 10.2. The Kier molecular flexibility index (Phi) is 7.45. The molecule has 1 fully saturated rings. The molecule has 1 aromatic rings. The molecule has 0 spiro atoms. The fourth-order valence-electron chi connectivity index (χ4n) is 2.33. The number of hydrogen-bond acceptors (Lipinski definition) is 4. The van der Waals surface area contributed by atoms with E-state index in [1.807, 2.05) is 0 Å². The summed E-state index contributed by atoms with van der Waals surface area (Å²) >= 11 is 1.75. The Labute approximate surface area is 151 Å². The highest BCUT2D eigenvalue weighted by atomic mass is 32.2. The molecule has 0 bridgehead atoms. The SMILES string of the molecule is CN=C(NCCS(=O)(=O)N1CCSCC1)NCc1cc(F)ccc1F. The van der Waals surface area contributed by atoms with E-state index in [4.69, 9.17) is 0 Å². The Hall–Kier alpha value is -1.39. The lowest BCUT2D eigenvalue weighted by Crippen LogP contribution is -2.44. The molecule has 1 heterocycles. The van der Waals surface area contributed by atoms with Gasteiger partial charge in [-0.05, 0) is 18.2 Å². The molecule has 140 valence electrons. The zero-order chi connectivity index (χ0) is 18.3. The number of sulfonamides is 1. The van der Waals surface area contributed by atoms with Gasteiger partial charge in [0.15, 0.2) is 5.96 Å². The number of hydrogen-bond donors (Lipinski definition) is 2. The van der Waals surface area contributed by atoms with Gasteiger partial charge in [-0.25, -0.2) is 21.5 Å². The fourth-order valence-corrected chi connectivity index (χ4v) is 4.82. The van der Waals surface area contributed by atoms with Crippen LogP contribution >= 0.6 is 11.8 Å². The Morgan fingerprint density at radius 3 is 2.68 bits per heavy atom. The highest BCUT2D eigenvalue weighted by molar-refractivity contribution is 7.99. The van der Waals surface area contributed by atoms with Gasteiger partial charge in [-0.1, -0.05) is 0 Å². The van der Waals surface area contributed by atoms with Crippen molar-refractivity contribution in [2.75, 3.05) is 43.9 Å². The number of thioether (sulfide) groups is 1. The summed E-state index contributed by atoms with van der Waals surface area (Å²) in [5.74, 6) is 0.867. The number of nitrogens with one attached hydrogen (secondary N) is 2. The first-order valence-corrected chi connectivity index (χ1v) is 10.6. The maximum absolute atomic E-state index is 13.6. The van der Waals surface area contributed by atoms with Crippen molar-refractivity contribution in [1.29, 1.82) is 0 Å². The van der Waals surface area contributed by atoms with E-state index in [1.54, 1.807) is 11.8 Å². The van der Waals surface area contributed by atoms with Gasteiger partial charge in [0.25, 0.3) is 0 Å². The summed E-state index contributed by atoms with van der Waals surface area (Å²) in [7, 11) is -1.78. The number of nitrogens with zero attached hydrogens (tertiary/aromatic N) is 2. The largest absolute Gasteiger partial charge is 0.355 e. The van der Waals surface area contributed by atoms with E-state index in [0.29, 0.717) is 19.0 Å². The standard InChI is InChI=1S/C15H22F2N4O2S2/c1-18-15(20-11-12-10-13(16)2-3-14(12)17)19-4-9-25(22,23)21-5-7-24-8-6-21/h2-3,10H,4-9,11H2,1H3,(H2,18,19,20). The molecule has 25 heavy (non-hydrogen) atoms. The van der Waals surface area contributed by atoms with Crippen LogP contribution in [0.3, 0.4) is 0 Å². The summed E-state index contributed by atoms with van der Waals surface area (Å²) < 4.78 is 52.7. The van der Waals surface area contributed by atoms with Gasteiger partial charge in [-0.15, -0.1) is 0 Å². The van der Waals surface area contributed by atoms with Crippen LogP contribution in [0.25, 0.3) is 0 Å². The monoisotopic (exact) mass is 392 g/mol. The van der Waals surface area contributed by atoms with Crippen LogP contribution in [-0.2, 0) is 16.6 Å². The van der Waals surface area contributed by atoms with Gasteiger partial charge in [0.05, 0.1) is 5.75 Å². The van der Waals surface area contributed by atoms with Crippen molar-refractivity contribution < 1.29 is 17.2 Å². The lowest BCUT2D eigenvalue weighted by molar-refractivity contribution is 0.443. The first kappa shape index (κ1) is 19.9. The Morgan fingerprint density at radius 2 is 2.00 bits per heavy atom. The Balaban J connectivity index is 1.81. The van der Waals surface area contributed by atoms with E-state index in [2.05, 4.69) is 15.6 Å². The molecular weight excluding hydrogens is 370 g/mol. The summed E-state index contributed by atoms with van der Waals surface area (Å²) in [5, 5.41) is 5.72. The van der Waals surface area contributed by atoms with Crippen molar-refractivity contribution in [1.82, 2.24) is 14.9 Å². The number of guanidine groups is 1. The molecule has 1 aliphatic rings. The van der Waals surface area contributed by atoms with Crippen LogP contribution in [-0.4, -0.2) is 62.6 Å². The number of aliphatic imine (C=N–C) groups is 1. The quantitative estimate of drug-likeness (QED) is 0.558. The highest BCUT2D eigenvalue weighted by Crippen LogP contribution is 2.13. The zero-order valence-corrected chi connectivity index (χ0v) is 15.6. The molecule has 0 amide bonds. The van der Waals surface area contributed by atoms with Gasteiger partial charge < -0.3 is 10.6 Å². The molecule has 0 aliphatic carbocycles.